The van der Waals surface area contributed by atoms with Crippen molar-refractivity contribution in [3.05, 3.63) is 52.8 Å². The maximum Gasteiger partial charge on any atom is 0.115 e. The molecule has 0 saturated heterocycles. The Hall–Kier alpha value is -1.55. The molecule has 0 fully saturated rings. The molecule has 0 bridgehead atoms. The van der Waals surface area contributed by atoms with Crippen LogP contribution in [0.3, 0.4) is 0 Å². The summed E-state index contributed by atoms with van der Waals surface area (Å²) in [6, 6.07) is 11.2. The van der Waals surface area contributed by atoms with Gasteiger partial charge < -0.3 is 10.4 Å². The lowest BCUT2D eigenvalue weighted by atomic mass is 10.1. The van der Waals surface area contributed by atoms with E-state index in [1.807, 2.05) is 31.2 Å². The first-order valence-corrected chi connectivity index (χ1v) is 6.11. The van der Waals surface area contributed by atoms with Gasteiger partial charge in [0.25, 0.3) is 0 Å². The minimum atomic E-state index is 0.116. The number of aromatic nitrogens is 1. The minimum absolute atomic E-state index is 0.116. The quantitative estimate of drug-likeness (QED) is 0.848. The second kappa shape index (κ2) is 5.19. The van der Waals surface area contributed by atoms with Gasteiger partial charge in [-0.1, -0.05) is 12.1 Å². The van der Waals surface area contributed by atoms with E-state index >= 15 is 0 Å². The molecule has 0 spiro atoms. The molecule has 0 aliphatic heterocycles. The van der Waals surface area contributed by atoms with E-state index in [0.29, 0.717) is 0 Å². The van der Waals surface area contributed by atoms with Gasteiger partial charge in [-0.15, -0.1) is 0 Å². The number of anilines is 1. The van der Waals surface area contributed by atoms with Crippen LogP contribution >= 0.6 is 15.9 Å². The molecule has 1 aromatic carbocycles. The predicted molar refractivity (Wildman–Crippen MR) is 72.1 cm³/mol. The van der Waals surface area contributed by atoms with E-state index in [0.717, 1.165) is 15.9 Å². The predicted octanol–water partition coefficient (Wildman–Crippen LogP) is 3.72. The fourth-order valence-corrected chi connectivity index (χ4v) is 1.82. The average molecular weight is 293 g/mol. The third-order valence-electron chi connectivity index (χ3n) is 2.48. The van der Waals surface area contributed by atoms with Gasteiger partial charge in [0.05, 0.1) is 11.9 Å². The average Bonchev–Trinajstić information content (AvgIpc) is 2.32. The first-order valence-electron chi connectivity index (χ1n) is 5.32. The molecule has 17 heavy (non-hydrogen) atoms. The topological polar surface area (TPSA) is 45.2 Å². The van der Waals surface area contributed by atoms with Crippen LogP contribution in [0.15, 0.2) is 47.2 Å². The van der Waals surface area contributed by atoms with Gasteiger partial charge in [0, 0.05) is 6.04 Å². The van der Waals surface area contributed by atoms with Crippen LogP contribution in [-0.2, 0) is 0 Å². The number of rotatable bonds is 3. The zero-order valence-corrected chi connectivity index (χ0v) is 11.0. The van der Waals surface area contributed by atoms with E-state index in [1.54, 1.807) is 18.3 Å². The molecule has 1 atom stereocenters. The lowest BCUT2D eigenvalue weighted by Crippen LogP contribution is -2.06. The summed E-state index contributed by atoms with van der Waals surface area (Å²) in [4.78, 5) is 4.15. The summed E-state index contributed by atoms with van der Waals surface area (Å²) < 4.78 is 0.813. The van der Waals surface area contributed by atoms with E-state index in [9.17, 15) is 5.11 Å². The fourth-order valence-electron chi connectivity index (χ4n) is 1.59. The second-order valence-electron chi connectivity index (χ2n) is 3.83. The third kappa shape index (κ3) is 3.20. The molecular formula is C13H13BrN2O. The van der Waals surface area contributed by atoms with E-state index < -0.39 is 0 Å². The molecule has 1 unspecified atom stereocenters. The summed E-state index contributed by atoms with van der Waals surface area (Å²) in [7, 11) is 0. The lowest BCUT2D eigenvalue weighted by molar-refractivity contribution is 0.474. The summed E-state index contributed by atoms with van der Waals surface area (Å²) in [6.07, 6.45) is 1.77. The molecule has 2 rings (SSSR count). The van der Waals surface area contributed by atoms with Crippen molar-refractivity contribution >= 4 is 21.6 Å². The van der Waals surface area contributed by atoms with Crippen molar-refractivity contribution in [2.75, 3.05) is 5.32 Å². The number of nitrogens with zero attached hydrogens (tertiary/aromatic N) is 1. The van der Waals surface area contributed by atoms with Crippen LogP contribution in [0.25, 0.3) is 0 Å². The van der Waals surface area contributed by atoms with Gasteiger partial charge in [0.15, 0.2) is 0 Å². The van der Waals surface area contributed by atoms with Crippen molar-refractivity contribution in [1.29, 1.82) is 0 Å². The number of halogens is 1. The number of phenols is 1. The zero-order valence-electron chi connectivity index (χ0n) is 9.39. The van der Waals surface area contributed by atoms with Gasteiger partial charge in [-0.3, -0.25) is 0 Å². The van der Waals surface area contributed by atoms with Gasteiger partial charge in [0.1, 0.15) is 10.4 Å². The molecule has 0 radical (unpaired) electrons. The minimum Gasteiger partial charge on any atom is -0.508 e. The van der Waals surface area contributed by atoms with Gasteiger partial charge >= 0.3 is 0 Å². The summed E-state index contributed by atoms with van der Waals surface area (Å²) in [5, 5.41) is 12.7. The maximum atomic E-state index is 9.42. The Morgan fingerprint density at radius 1 is 1.29 bits per heavy atom. The normalized spacial score (nSPS) is 12.1. The van der Waals surface area contributed by atoms with Crippen molar-refractivity contribution in [1.82, 2.24) is 4.98 Å². The van der Waals surface area contributed by atoms with Gasteiger partial charge in [0.2, 0.25) is 0 Å². The first-order chi connectivity index (χ1) is 8.15. The molecule has 0 saturated carbocycles. The Balaban J connectivity index is 2.11. The van der Waals surface area contributed by atoms with E-state index in [1.165, 1.54) is 0 Å². The highest BCUT2D eigenvalue weighted by atomic mass is 79.9. The number of nitrogens with one attached hydrogen (secondary N) is 1. The van der Waals surface area contributed by atoms with Crippen molar-refractivity contribution in [3.8, 4) is 5.75 Å². The van der Waals surface area contributed by atoms with Crippen LogP contribution in [0.1, 0.15) is 18.5 Å². The van der Waals surface area contributed by atoms with E-state index in [4.69, 9.17) is 0 Å². The SMILES string of the molecule is CC(Nc1ccc(Br)nc1)c1cccc(O)c1. The van der Waals surface area contributed by atoms with E-state index in [2.05, 4.69) is 26.2 Å². The van der Waals surface area contributed by atoms with Crippen molar-refractivity contribution in [3.63, 3.8) is 0 Å². The van der Waals surface area contributed by atoms with Crippen LogP contribution in [-0.4, -0.2) is 10.1 Å². The number of phenolic OH excluding ortho intramolecular Hbond substituents is 1. The van der Waals surface area contributed by atoms with Gasteiger partial charge in [-0.25, -0.2) is 4.98 Å². The van der Waals surface area contributed by atoms with Crippen molar-refractivity contribution in [2.45, 2.75) is 13.0 Å². The highest BCUT2D eigenvalue weighted by Crippen LogP contribution is 2.22. The second-order valence-corrected chi connectivity index (χ2v) is 4.64. The number of pyridine rings is 1. The molecule has 3 nitrogen and oxygen atoms in total. The number of aromatic hydroxyl groups is 1. The van der Waals surface area contributed by atoms with Crippen LogP contribution < -0.4 is 5.32 Å². The summed E-state index contributed by atoms with van der Waals surface area (Å²) >= 11 is 3.29. The molecule has 1 heterocycles. The Morgan fingerprint density at radius 3 is 2.76 bits per heavy atom. The largest absolute Gasteiger partial charge is 0.508 e. The van der Waals surface area contributed by atoms with Gasteiger partial charge in [-0.05, 0) is 52.7 Å². The summed E-state index contributed by atoms with van der Waals surface area (Å²) in [6.45, 7) is 2.04. The Bertz CT molecular complexity index is 499. The Morgan fingerprint density at radius 2 is 2.12 bits per heavy atom. The molecule has 1 aromatic heterocycles. The van der Waals surface area contributed by atoms with E-state index in [-0.39, 0.29) is 11.8 Å². The molecule has 0 amide bonds. The van der Waals surface area contributed by atoms with Crippen LogP contribution in [0.5, 0.6) is 5.75 Å². The molecule has 2 aromatic rings. The number of hydrogen-bond acceptors (Lipinski definition) is 3. The highest BCUT2D eigenvalue weighted by molar-refractivity contribution is 9.10. The maximum absolute atomic E-state index is 9.42. The highest BCUT2D eigenvalue weighted by Gasteiger charge is 2.05. The number of hydrogen-bond donors (Lipinski definition) is 2. The van der Waals surface area contributed by atoms with Crippen LogP contribution in [0.4, 0.5) is 5.69 Å². The summed E-state index contributed by atoms with van der Waals surface area (Å²) in [5.41, 5.74) is 1.98. The van der Waals surface area contributed by atoms with Gasteiger partial charge in [-0.2, -0.15) is 0 Å². The van der Waals surface area contributed by atoms with Crippen molar-refractivity contribution < 1.29 is 5.11 Å². The smallest absolute Gasteiger partial charge is 0.115 e. The molecule has 0 aliphatic carbocycles. The summed E-state index contributed by atoms with van der Waals surface area (Å²) in [5.74, 6) is 0.282. The zero-order chi connectivity index (χ0) is 12.3. The molecule has 2 N–H and O–H groups in total. The molecule has 4 heteroatoms. The fraction of sp³-hybridized carbons (Fsp3) is 0.154. The third-order valence-corrected chi connectivity index (χ3v) is 2.95. The van der Waals surface area contributed by atoms with Crippen molar-refractivity contribution in [2.24, 2.45) is 0 Å². The Kier molecular flexibility index (Phi) is 3.64. The Labute approximate surface area is 109 Å². The van der Waals surface area contributed by atoms with Crippen LogP contribution in [0.2, 0.25) is 0 Å². The number of benzene rings is 1. The molecule has 0 aliphatic rings. The van der Waals surface area contributed by atoms with Crippen LogP contribution in [0, 0.1) is 0 Å². The molecular weight excluding hydrogens is 280 g/mol. The lowest BCUT2D eigenvalue weighted by Gasteiger charge is -2.15. The monoisotopic (exact) mass is 292 g/mol. The standard InChI is InChI=1S/C13H13BrN2O/c1-9(10-3-2-4-12(17)7-10)16-11-5-6-13(14)15-8-11/h2-9,16-17H,1H3. The first kappa shape index (κ1) is 11.9. The molecule has 88 valence electrons.